The number of ether oxygens (including phenoxy) is 1. The molecule has 0 radical (unpaired) electrons. The highest BCUT2D eigenvalue weighted by Crippen LogP contribution is 2.29. The van der Waals surface area contributed by atoms with Crippen LogP contribution >= 0.6 is 15.9 Å². The molecule has 86 valence electrons. The zero-order valence-electron chi connectivity index (χ0n) is 8.69. The number of nitrogens with zero attached hydrogens (tertiary/aromatic N) is 1. The van der Waals surface area contributed by atoms with Crippen molar-refractivity contribution in [2.75, 3.05) is 0 Å². The molecule has 0 aromatic heterocycles. The molecule has 0 heterocycles. The molecule has 4 nitrogen and oxygen atoms in total. The maximum Gasteiger partial charge on any atom is 0.173 e. The molecule has 1 aromatic carbocycles. The maximum absolute atomic E-state index is 8.70. The minimum absolute atomic E-state index is 0.0654. The van der Waals surface area contributed by atoms with Crippen molar-refractivity contribution in [1.82, 2.24) is 0 Å². The summed E-state index contributed by atoms with van der Waals surface area (Å²) in [5.74, 6) is 0.735. The predicted molar refractivity (Wildman–Crippen MR) is 64.9 cm³/mol. The van der Waals surface area contributed by atoms with E-state index >= 15 is 0 Å². The molecule has 0 atom stereocenters. The van der Waals surface area contributed by atoms with Gasteiger partial charge in [-0.1, -0.05) is 21.1 Å². The fourth-order valence-electron chi connectivity index (χ4n) is 1.53. The summed E-state index contributed by atoms with van der Waals surface area (Å²) in [6.45, 7) is 0. The van der Waals surface area contributed by atoms with Crippen molar-refractivity contribution >= 4 is 21.8 Å². The molecule has 16 heavy (non-hydrogen) atoms. The molecule has 3 N–H and O–H groups in total. The van der Waals surface area contributed by atoms with Crippen LogP contribution in [0.1, 0.15) is 24.8 Å². The molecule has 0 saturated heterocycles. The highest BCUT2D eigenvalue weighted by molar-refractivity contribution is 9.10. The van der Waals surface area contributed by atoms with Crippen LogP contribution in [-0.2, 0) is 0 Å². The van der Waals surface area contributed by atoms with Gasteiger partial charge >= 0.3 is 0 Å². The Labute approximate surface area is 102 Å². The van der Waals surface area contributed by atoms with Gasteiger partial charge in [0, 0.05) is 4.47 Å². The van der Waals surface area contributed by atoms with Crippen molar-refractivity contribution in [3.05, 3.63) is 28.2 Å². The molecule has 0 bridgehead atoms. The van der Waals surface area contributed by atoms with E-state index in [-0.39, 0.29) is 11.9 Å². The van der Waals surface area contributed by atoms with Gasteiger partial charge in [-0.05, 0) is 37.5 Å². The first-order chi connectivity index (χ1) is 7.70. The van der Waals surface area contributed by atoms with Crippen LogP contribution in [-0.4, -0.2) is 17.1 Å². The number of rotatable bonds is 3. The average molecular weight is 285 g/mol. The number of oxime groups is 1. The summed E-state index contributed by atoms with van der Waals surface area (Å²) in [6, 6.07) is 5.49. The molecule has 0 amide bonds. The van der Waals surface area contributed by atoms with Crippen LogP contribution in [0.2, 0.25) is 0 Å². The SMILES string of the molecule is N/C(=N/O)c1cc(Br)ccc1OC1CCC1. The molecule has 0 unspecified atom stereocenters. The molecule has 0 spiro atoms. The summed E-state index contributed by atoms with van der Waals surface area (Å²) in [4.78, 5) is 0. The third-order valence-electron chi connectivity index (χ3n) is 2.67. The van der Waals surface area contributed by atoms with Crippen LogP contribution in [0, 0.1) is 0 Å². The number of amidine groups is 1. The molecule has 1 fully saturated rings. The van der Waals surface area contributed by atoms with Crippen molar-refractivity contribution < 1.29 is 9.94 Å². The minimum atomic E-state index is 0.0654. The van der Waals surface area contributed by atoms with Crippen molar-refractivity contribution in [2.24, 2.45) is 10.9 Å². The Balaban J connectivity index is 2.27. The highest BCUT2D eigenvalue weighted by Gasteiger charge is 2.21. The van der Waals surface area contributed by atoms with E-state index in [1.807, 2.05) is 12.1 Å². The first kappa shape index (κ1) is 11.3. The van der Waals surface area contributed by atoms with Gasteiger partial charge in [-0.2, -0.15) is 0 Å². The Morgan fingerprint density at radius 2 is 2.25 bits per heavy atom. The fraction of sp³-hybridized carbons (Fsp3) is 0.364. The van der Waals surface area contributed by atoms with Crippen LogP contribution < -0.4 is 10.5 Å². The van der Waals surface area contributed by atoms with E-state index in [9.17, 15) is 0 Å². The summed E-state index contributed by atoms with van der Waals surface area (Å²) >= 11 is 3.34. The molecular formula is C11H13BrN2O2. The largest absolute Gasteiger partial charge is 0.490 e. The second kappa shape index (κ2) is 4.74. The fourth-order valence-corrected chi connectivity index (χ4v) is 1.89. The summed E-state index contributed by atoms with van der Waals surface area (Å²) in [7, 11) is 0. The lowest BCUT2D eigenvalue weighted by molar-refractivity contribution is 0.120. The molecule has 0 aliphatic heterocycles. The lowest BCUT2D eigenvalue weighted by atomic mass is 9.96. The molecule has 1 aliphatic carbocycles. The van der Waals surface area contributed by atoms with Crippen LogP contribution in [0.4, 0.5) is 0 Å². The highest BCUT2D eigenvalue weighted by atomic mass is 79.9. The average Bonchev–Trinajstić information content (AvgIpc) is 2.23. The van der Waals surface area contributed by atoms with E-state index < -0.39 is 0 Å². The predicted octanol–water partition coefficient (Wildman–Crippen LogP) is 2.47. The molecule has 1 saturated carbocycles. The smallest absolute Gasteiger partial charge is 0.173 e. The van der Waals surface area contributed by atoms with E-state index in [1.165, 1.54) is 6.42 Å². The van der Waals surface area contributed by atoms with E-state index in [4.69, 9.17) is 15.7 Å². The van der Waals surface area contributed by atoms with Gasteiger partial charge in [-0.3, -0.25) is 0 Å². The monoisotopic (exact) mass is 284 g/mol. The number of hydrogen-bond acceptors (Lipinski definition) is 3. The zero-order chi connectivity index (χ0) is 11.5. The summed E-state index contributed by atoms with van der Waals surface area (Å²) in [5.41, 5.74) is 6.21. The van der Waals surface area contributed by atoms with Crippen LogP contribution in [0.5, 0.6) is 5.75 Å². The lowest BCUT2D eigenvalue weighted by Gasteiger charge is -2.27. The van der Waals surface area contributed by atoms with Crippen LogP contribution in [0.3, 0.4) is 0 Å². The van der Waals surface area contributed by atoms with Crippen molar-refractivity contribution in [3.63, 3.8) is 0 Å². The summed E-state index contributed by atoms with van der Waals surface area (Å²) in [5, 5.41) is 11.7. The van der Waals surface area contributed by atoms with Crippen molar-refractivity contribution in [2.45, 2.75) is 25.4 Å². The first-order valence-corrected chi connectivity index (χ1v) is 5.94. The van der Waals surface area contributed by atoms with Crippen molar-refractivity contribution in [1.29, 1.82) is 0 Å². The van der Waals surface area contributed by atoms with Gasteiger partial charge in [-0.15, -0.1) is 0 Å². The zero-order valence-corrected chi connectivity index (χ0v) is 10.3. The van der Waals surface area contributed by atoms with Crippen LogP contribution in [0.25, 0.3) is 0 Å². The lowest BCUT2D eigenvalue weighted by Crippen LogP contribution is -2.26. The third-order valence-corrected chi connectivity index (χ3v) is 3.16. The van der Waals surface area contributed by atoms with Crippen LogP contribution in [0.15, 0.2) is 27.8 Å². The van der Waals surface area contributed by atoms with Gasteiger partial charge in [-0.25, -0.2) is 0 Å². The van der Waals surface area contributed by atoms with Gasteiger partial charge < -0.3 is 15.7 Å². The third kappa shape index (κ3) is 2.29. The Hall–Kier alpha value is -1.23. The number of halogens is 1. The van der Waals surface area contributed by atoms with Gasteiger partial charge in [0.15, 0.2) is 5.84 Å². The Morgan fingerprint density at radius 3 is 2.81 bits per heavy atom. The molecule has 1 aromatic rings. The standard InChI is InChI=1S/C11H13BrN2O2/c12-7-4-5-10(16-8-2-1-3-8)9(6-7)11(13)14-15/h4-6,8,15H,1-3H2,(H2,13,14). The number of benzene rings is 1. The van der Waals surface area contributed by atoms with E-state index in [2.05, 4.69) is 21.1 Å². The van der Waals surface area contributed by atoms with E-state index in [0.717, 1.165) is 17.3 Å². The van der Waals surface area contributed by atoms with Gasteiger partial charge in [0.05, 0.1) is 11.7 Å². The second-order valence-electron chi connectivity index (χ2n) is 3.80. The first-order valence-electron chi connectivity index (χ1n) is 5.15. The van der Waals surface area contributed by atoms with Gasteiger partial charge in [0.1, 0.15) is 5.75 Å². The van der Waals surface area contributed by atoms with Gasteiger partial charge in [0.2, 0.25) is 0 Å². The second-order valence-corrected chi connectivity index (χ2v) is 4.71. The molecule has 5 heteroatoms. The van der Waals surface area contributed by atoms with E-state index in [0.29, 0.717) is 11.3 Å². The Kier molecular flexibility index (Phi) is 3.33. The quantitative estimate of drug-likeness (QED) is 0.388. The van der Waals surface area contributed by atoms with Gasteiger partial charge in [0.25, 0.3) is 0 Å². The van der Waals surface area contributed by atoms with Crippen molar-refractivity contribution in [3.8, 4) is 5.75 Å². The molecular weight excluding hydrogens is 272 g/mol. The summed E-state index contributed by atoms with van der Waals surface area (Å²) in [6.07, 6.45) is 3.63. The molecule has 2 rings (SSSR count). The number of nitrogens with two attached hydrogens (primary N) is 1. The Morgan fingerprint density at radius 1 is 1.50 bits per heavy atom. The minimum Gasteiger partial charge on any atom is -0.490 e. The van der Waals surface area contributed by atoms with E-state index in [1.54, 1.807) is 6.07 Å². The topological polar surface area (TPSA) is 67.8 Å². The normalized spacial score (nSPS) is 16.9. The molecule has 1 aliphatic rings. The summed E-state index contributed by atoms with van der Waals surface area (Å²) < 4.78 is 6.64. The number of hydrogen-bond donors (Lipinski definition) is 2. The Bertz CT molecular complexity index is 416. The maximum atomic E-state index is 8.70.